The Morgan fingerprint density at radius 3 is 2.67 bits per heavy atom. The van der Waals surface area contributed by atoms with Crippen molar-refractivity contribution < 1.29 is 23.0 Å². The van der Waals surface area contributed by atoms with Gasteiger partial charge in [0.15, 0.2) is 11.5 Å². The molecule has 118 valence electrons. The van der Waals surface area contributed by atoms with Gasteiger partial charge in [0.05, 0.1) is 12.4 Å². The van der Waals surface area contributed by atoms with E-state index in [1.807, 2.05) is 0 Å². The van der Waals surface area contributed by atoms with Gasteiger partial charge in [0.2, 0.25) is 10.0 Å². The smallest absolute Gasteiger partial charge is 0.208 e. The molecule has 0 radical (unpaired) electrons. The predicted molar refractivity (Wildman–Crippen MR) is 78.1 cm³/mol. The Hall–Kier alpha value is -1.35. The van der Waals surface area contributed by atoms with Crippen molar-refractivity contribution in [2.45, 2.75) is 6.10 Å². The minimum Gasteiger partial charge on any atom is -0.486 e. The number of hydrogen-bond acceptors (Lipinski definition) is 6. The summed E-state index contributed by atoms with van der Waals surface area (Å²) in [7, 11) is -3.17. The molecule has 1 aromatic rings. The van der Waals surface area contributed by atoms with Gasteiger partial charge in [0.1, 0.15) is 13.2 Å². The van der Waals surface area contributed by atoms with E-state index >= 15 is 0 Å². The van der Waals surface area contributed by atoms with Crippen LogP contribution in [0.4, 0.5) is 0 Å². The average Bonchev–Trinajstić information content (AvgIpc) is 2.45. The van der Waals surface area contributed by atoms with Crippen molar-refractivity contribution in [3.63, 3.8) is 0 Å². The predicted octanol–water partition coefficient (Wildman–Crippen LogP) is -0.370. The highest BCUT2D eigenvalue weighted by Gasteiger charge is 2.15. The summed E-state index contributed by atoms with van der Waals surface area (Å²) in [5, 5.41) is 13.1. The Kier molecular flexibility index (Phi) is 5.40. The first-order chi connectivity index (χ1) is 9.96. The number of aliphatic hydroxyl groups is 1. The molecule has 1 heterocycles. The third-order valence-corrected chi connectivity index (χ3v) is 3.68. The van der Waals surface area contributed by atoms with E-state index in [4.69, 9.17) is 9.47 Å². The number of nitrogens with one attached hydrogen (secondary N) is 2. The Morgan fingerprint density at radius 2 is 1.95 bits per heavy atom. The molecule has 8 heteroatoms. The van der Waals surface area contributed by atoms with E-state index in [1.165, 1.54) is 0 Å². The second-order valence-electron chi connectivity index (χ2n) is 4.79. The molecule has 21 heavy (non-hydrogen) atoms. The maximum absolute atomic E-state index is 10.9. The SMILES string of the molecule is CS(=O)(=O)NCCNCC(O)c1ccc2c(c1)OCCO2. The summed E-state index contributed by atoms with van der Waals surface area (Å²) in [4.78, 5) is 0. The summed E-state index contributed by atoms with van der Waals surface area (Å²) in [5.41, 5.74) is 0.725. The molecule has 0 bridgehead atoms. The van der Waals surface area contributed by atoms with E-state index in [0.29, 0.717) is 37.8 Å². The van der Waals surface area contributed by atoms with Crippen LogP contribution < -0.4 is 19.5 Å². The number of fused-ring (bicyclic) bond motifs is 1. The molecule has 7 nitrogen and oxygen atoms in total. The molecular weight excluding hydrogens is 296 g/mol. The fourth-order valence-electron chi connectivity index (χ4n) is 1.95. The number of sulfonamides is 1. The third-order valence-electron chi connectivity index (χ3n) is 2.95. The number of hydrogen-bond donors (Lipinski definition) is 3. The zero-order valence-electron chi connectivity index (χ0n) is 11.8. The minimum atomic E-state index is -3.17. The van der Waals surface area contributed by atoms with Crippen LogP contribution in [-0.4, -0.2) is 52.6 Å². The molecule has 0 fully saturated rings. The number of rotatable bonds is 7. The highest BCUT2D eigenvalue weighted by molar-refractivity contribution is 7.88. The van der Waals surface area contributed by atoms with Crippen LogP contribution in [-0.2, 0) is 10.0 Å². The van der Waals surface area contributed by atoms with Gasteiger partial charge < -0.3 is 19.9 Å². The van der Waals surface area contributed by atoms with Crippen molar-refractivity contribution in [1.29, 1.82) is 0 Å². The fraction of sp³-hybridized carbons (Fsp3) is 0.538. The molecule has 0 amide bonds. The normalized spacial score (nSPS) is 15.7. The first-order valence-corrected chi connectivity index (χ1v) is 8.58. The Balaban J connectivity index is 1.79. The summed E-state index contributed by atoms with van der Waals surface area (Å²) in [6, 6.07) is 5.32. The van der Waals surface area contributed by atoms with E-state index in [0.717, 1.165) is 11.8 Å². The second kappa shape index (κ2) is 7.08. The summed E-state index contributed by atoms with van der Waals surface area (Å²) in [5.74, 6) is 1.32. The molecule has 1 aromatic carbocycles. The summed E-state index contributed by atoms with van der Waals surface area (Å²) in [6.45, 7) is 2.08. The van der Waals surface area contributed by atoms with Gasteiger partial charge >= 0.3 is 0 Å². The average molecular weight is 316 g/mol. The van der Waals surface area contributed by atoms with E-state index in [1.54, 1.807) is 18.2 Å². The largest absolute Gasteiger partial charge is 0.486 e. The fourth-order valence-corrected chi connectivity index (χ4v) is 2.42. The molecule has 1 aliphatic heterocycles. The molecule has 1 unspecified atom stereocenters. The highest BCUT2D eigenvalue weighted by atomic mass is 32.2. The molecule has 0 aliphatic carbocycles. The van der Waals surface area contributed by atoms with Gasteiger partial charge in [-0.05, 0) is 17.7 Å². The van der Waals surface area contributed by atoms with Crippen molar-refractivity contribution in [2.75, 3.05) is 39.1 Å². The van der Waals surface area contributed by atoms with Gasteiger partial charge in [0, 0.05) is 19.6 Å². The van der Waals surface area contributed by atoms with Crippen molar-refractivity contribution in [1.82, 2.24) is 10.0 Å². The lowest BCUT2D eigenvalue weighted by molar-refractivity contribution is 0.163. The highest BCUT2D eigenvalue weighted by Crippen LogP contribution is 2.32. The second-order valence-corrected chi connectivity index (χ2v) is 6.62. The summed E-state index contributed by atoms with van der Waals surface area (Å²) in [6.07, 6.45) is 0.413. The molecule has 1 atom stereocenters. The van der Waals surface area contributed by atoms with Crippen molar-refractivity contribution in [2.24, 2.45) is 0 Å². The van der Waals surface area contributed by atoms with Crippen LogP contribution in [0.1, 0.15) is 11.7 Å². The topological polar surface area (TPSA) is 96.9 Å². The molecular formula is C13H20N2O5S. The standard InChI is InChI=1S/C13H20N2O5S/c1-21(17,18)15-5-4-14-9-11(16)10-2-3-12-13(8-10)20-7-6-19-12/h2-3,8,11,14-16H,4-7,9H2,1H3. The number of benzene rings is 1. The molecule has 2 rings (SSSR count). The summed E-state index contributed by atoms with van der Waals surface area (Å²) >= 11 is 0. The Morgan fingerprint density at radius 1 is 1.24 bits per heavy atom. The monoisotopic (exact) mass is 316 g/mol. The van der Waals surface area contributed by atoms with Crippen LogP contribution in [0.2, 0.25) is 0 Å². The van der Waals surface area contributed by atoms with Crippen LogP contribution in [0.15, 0.2) is 18.2 Å². The third kappa shape index (κ3) is 5.16. The number of aliphatic hydroxyl groups excluding tert-OH is 1. The molecule has 0 aromatic heterocycles. The van der Waals surface area contributed by atoms with E-state index in [2.05, 4.69) is 10.0 Å². The van der Waals surface area contributed by atoms with Crippen LogP contribution in [0, 0.1) is 0 Å². The Labute approximate surface area is 124 Å². The van der Waals surface area contributed by atoms with E-state index in [9.17, 15) is 13.5 Å². The lowest BCUT2D eigenvalue weighted by Gasteiger charge is -2.20. The van der Waals surface area contributed by atoms with Gasteiger partial charge in [0.25, 0.3) is 0 Å². The maximum atomic E-state index is 10.9. The minimum absolute atomic E-state index is 0.284. The van der Waals surface area contributed by atoms with Gasteiger partial charge in [-0.15, -0.1) is 0 Å². The van der Waals surface area contributed by atoms with Gasteiger partial charge in [-0.2, -0.15) is 0 Å². The zero-order chi connectivity index (χ0) is 15.3. The number of ether oxygens (including phenoxy) is 2. The first kappa shape index (κ1) is 16.0. The molecule has 0 saturated carbocycles. The molecule has 3 N–H and O–H groups in total. The van der Waals surface area contributed by atoms with E-state index in [-0.39, 0.29) is 6.54 Å². The van der Waals surface area contributed by atoms with Crippen LogP contribution >= 0.6 is 0 Å². The quantitative estimate of drug-likeness (QED) is 0.594. The van der Waals surface area contributed by atoms with Gasteiger partial charge in [-0.25, -0.2) is 13.1 Å². The maximum Gasteiger partial charge on any atom is 0.208 e. The Bertz CT molecular complexity index is 576. The van der Waals surface area contributed by atoms with Crippen LogP contribution in [0.25, 0.3) is 0 Å². The summed E-state index contributed by atoms with van der Waals surface area (Å²) < 4.78 is 35.0. The lowest BCUT2D eigenvalue weighted by atomic mass is 10.1. The molecule has 0 spiro atoms. The van der Waals surface area contributed by atoms with Crippen LogP contribution in [0.5, 0.6) is 11.5 Å². The van der Waals surface area contributed by atoms with Crippen molar-refractivity contribution >= 4 is 10.0 Å². The van der Waals surface area contributed by atoms with Crippen molar-refractivity contribution in [3.05, 3.63) is 23.8 Å². The van der Waals surface area contributed by atoms with Crippen molar-refractivity contribution in [3.8, 4) is 11.5 Å². The molecule has 0 saturated heterocycles. The molecule has 1 aliphatic rings. The van der Waals surface area contributed by atoms with Gasteiger partial charge in [-0.1, -0.05) is 6.07 Å². The lowest BCUT2D eigenvalue weighted by Crippen LogP contribution is -2.32. The van der Waals surface area contributed by atoms with Crippen LogP contribution in [0.3, 0.4) is 0 Å². The first-order valence-electron chi connectivity index (χ1n) is 6.69. The van der Waals surface area contributed by atoms with Gasteiger partial charge in [-0.3, -0.25) is 0 Å². The van der Waals surface area contributed by atoms with E-state index < -0.39 is 16.1 Å². The zero-order valence-corrected chi connectivity index (χ0v) is 12.6.